The van der Waals surface area contributed by atoms with Gasteiger partial charge < -0.3 is 18.9 Å². The fourth-order valence-electron chi connectivity index (χ4n) is 2.08. The zero-order chi connectivity index (χ0) is 15.5. The lowest BCUT2D eigenvalue weighted by atomic mass is 10.2. The summed E-state index contributed by atoms with van der Waals surface area (Å²) in [5.74, 6) is 1.77. The van der Waals surface area contributed by atoms with Crippen LogP contribution in [0.5, 0.6) is 23.0 Å². The number of ether oxygens (including phenoxy) is 4. The maximum Gasteiger partial charge on any atom is 0.352 e. The van der Waals surface area contributed by atoms with Crippen molar-refractivity contribution in [2.45, 2.75) is 20.0 Å². The molecule has 0 spiro atoms. The summed E-state index contributed by atoms with van der Waals surface area (Å²) < 4.78 is 21.3. The molecule has 0 saturated carbocycles. The van der Waals surface area contributed by atoms with Gasteiger partial charge in [0.1, 0.15) is 11.5 Å². The van der Waals surface area contributed by atoms with Gasteiger partial charge in [0.05, 0.1) is 0 Å². The van der Waals surface area contributed by atoms with Gasteiger partial charge in [0.15, 0.2) is 17.6 Å². The summed E-state index contributed by atoms with van der Waals surface area (Å²) in [5.41, 5.74) is 1.06. The predicted octanol–water partition coefficient (Wildman–Crippen LogP) is 3.10. The maximum absolute atomic E-state index is 12.1. The van der Waals surface area contributed by atoms with Crippen LogP contribution in [0.3, 0.4) is 0 Å². The largest absolute Gasteiger partial charge is 0.479 e. The molecule has 1 atom stereocenters. The van der Waals surface area contributed by atoms with Gasteiger partial charge in [0.25, 0.3) is 0 Å². The van der Waals surface area contributed by atoms with E-state index in [-0.39, 0.29) is 6.79 Å². The van der Waals surface area contributed by atoms with Crippen LogP contribution in [0.1, 0.15) is 12.5 Å². The van der Waals surface area contributed by atoms with Crippen molar-refractivity contribution >= 4 is 5.97 Å². The maximum atomic E-state index is 12.1. The number of carbonyl (C=O) groups excluding carboxylic acids is 1. The fraction of sp³-hybridized carbons (Fsp3) is 0.235. The van der Waals surface area contributed by atoms with Crippen molar-refractivity contribution in [3.8, 4) is 23.0 Å². The molecule has 1 aliphatic heterocycles. The van der Waals surface area contributed by atoms with Crippen LogP contribution in [0.15, 0.2) is 42.5 Å². The molecule has 0 radical (unpaired) electrons. The van der Waals surface area contributed by atoms with Crippen LogP contribution in [0.4, 0.5) is 0 Å². The highest BCUT2D eigenvalue weighted by Crippen LogP contribution is 2.35. The Hall–Kier alpha value is -2.69. The van der Waals surface area contributed by atoms with E-state index in [9.17, 15) is 4.79 Å². The van der Waals surface area contributed by atoms with Crippen molar-refractivity contribution in [2.24, 2.45) is 0 Å². The number of esters is 1. The Balaban J connectivity index is 1.64. The highest BCUT2D eigenvalue weighted by molar-refractivity contribution is 5.77. The lowest BCUT2D eigenvalue weighted by Gasteiger charge is -2.14. The number of carbonyl (C=O) groups is 1. The average molecular weight is 300 g/mol. The van der Waals surface area contributed by atoms with Crippen molar-refractivity contribution in [3.63, 3.8) is 0 Å². The van der Waals surface area contributed by atoms with Crippen LogP contribution in [-0.4, -0.2) is 18.9 Å². The molecule has 0 fully saturated rings. The topological polar surface area (TPSA) is 54.0 Å². The normalized spacial score (nSPS) is 13.5. The van der Waals surface area contributed by atoms with Crippen LogP contribution in [0, 0.1) is 6.92 Å². The molecular formula is C17H16O5. The van der Waals surface area contributed by atoms with E-state index in [1.165, 1.54) is 0 Å². The average Bonchev–Trinajstić information content (AvgIpc) is 2.94. The van der Waals surface area contributed by atoms with E-state index in [1.807, 2.05) is 25.1 Å². The number of aryl methyl sites for hydroxylation is 1. The summed E-state index contributed by atoms with van der Waals surface area (Å²) in [5, 5.41) is 0. The number of hydrogen-bond donors (Lipinski definition) is 0. The van der Waals surface area contributed by atoms with Gasteiger partial charge in [-0.05, 0) is 43.7 Å². The molecule has 0 amide bonds. The number of fused-ring (bicyclic) bond motifs is 1. The van der Waals surface area contributed by atoms with Gasteiger partial charge in [-0.25, -0.2) is 4.79 Å². The first-order valence-electron chi connectivity index (χ1n) is 6.96. The van der Waals surface area contributed by atoms with Crippen molar-refractivity contribution in [2.75, 3.05) is 6.79 Å². The molecule has 2 aromatic rings. The minimum Gasteiger partial charge on any atom is -0.479 e. The molecule has 0 bridgehead atoms. The fourth-order valence-corrected chi connectivity index (χ4v) is 2.08. The molecule has 0 unspecified atom stereocenters. The molecule has 0 saturated heterocycles. The molecule has 2 aromatic carbocycles. The van der Waals surface area contributed by atoms with Crippen LogP contribution in [-0.2, 0) is 4.79 Å². The van der Waals surface area contributed by atoms with E-state index in [1.54, 1.807) is 31.2 Å². The highest BCUT2D eigenvalue weighted by atomic mass is 16.7. The van der Waals surface area contributed by atoms with E-state index in [2.05, 4.69) is 0 Å². The standard InChI is InChI=1S/C17H16O5/c1-11-4-3-5-13(8-11)21-12(2)17(18)22-14-6-7-15-16(9-14)20-10-19-15/h3-9,12H,10H2,1-2H3/t12-/m0/s1. The number of benzene rings is 2. The van der Waals surface area contributed by atoms with E-state index in [0.717, 1.165) is 5.56 Å². The molecule has 1 aliphatic rings. The number of rotatable bonds is 4. The minimum absolute atomic E-state index is 0.180. The summed E-state index contributed by atoms with van der Waals surface area (Å²) in [4.78, 5) is 12.1. The zero-order valence-corrected chi connectivity index (χ0v) is 12.4. The highest BCUT2D eigenvalue weighted by Gasteiger charge is 2.20. The second kappa shape index (κ2) is 5.97. The zero-order valence-electron chi connectivity index (χ0n) is 12.4. The van der Waals surface area contributed by atoms with E-state index in [0.29, 0.717) is 23.0 Å². The third-order valence-electron chi connectivity index (χ3n) is 3.20. The molecule has 5 nitrogen and oxygen atoms in total. The molecule has 0 aliphatic carbocycles. The number of hydrogen-bond acceptors (Lipinski definition) is 5. The lowest BCUT2D eigenvalue weighted by molar-refractivity contribution is -0.141. The van der Waals surface area contributed by atoms with Gasteiger partial charge in [0.2, 0.25) is 6.79 Å². The van der Waals surface area contributed by atoms with Gasteiger partial charge >= 0.3 is 5.97 Å². The summed E-state index contributed by atoms with van der Waals surface area (Å²) in [7, 11) is 0. The second-order valence-corrected chi connectivity index (χ2v) is 5.01. The molecule has 3 rings (SSSR count). The smallest absolute Gasteiger partial charge is 0.352 e. The molecule has 22 heavy (non-hydrogen) atoms. The molecule has 0 N–H and O–H groups in total. The monoisotopic (exact) mass is 300 g/mol. The van der Waals surface area contributed by atoms with Crippen molar-refractivity contribution in [1.29, 1.82) is 0 Å². The van der Waals surface area contributed by atoms with E-state index in [4.69, 9.17) is 18.9 Å². The first-order valence-corrected chi connectivity index (χ1v) is 6.96. The first kappa shape index (κ1) is 14.3. The Morgan fingerprint density at radius 1 is 1.09 bits per heavy atom. The molecule has 1 heterocycles. The van der Waals surface area contributed by atoms with Crippen LogP contribution >= 0.6 is 0 Å². The molecule has 5 heteroatoms. The molecule has 114 valence electrons. The van der Waals surface area contributed by atoms with Crippen molar-refractivity contribution in [3.05, 3.63) is 48.0 Å². The third-order valence-corrected chi connectivity index (χ3v) is 3.20. The first-order chi connectivity index (χ1) is 10.6. The summed E-state index contributed by atoms with van der Waals surface area (Å²) in [6, 6.07) is 12.5. The SMILES string of the molecule is Cc1cccc(O[C@@H](C)C(=O)Oc2ccc3c(c2)OCO3)c1. The third kappa shape index (κ3) is 3.14. The Bertz CT molecular complexity index is 695. The lowest BCUT2D eigenvalue weighted by Crippen LogP contribution is -2.28. The predicted molar refractivity (Wildman–Crippen MR) is 79.5 cm³/mol. The van der Waals surface area contributed by atoms with Gasteiger partial charge in [-0.1, -0.05) is 12.1 Å². The Morgan fingerprint density at radius 2 is 1.91 bits per heavy atom. The van der Waals surface area contributed by atoms with Gasteiger partial charge in [0, 0.05) is 6.07 Å². The Labute approximate surface area is 128 Å². The van der Waals surface area contributed by atoms with Gasteiger partial charge in [-0.2, -0.15) is 0 Å². The van der Waals surface area contributed by atoms with Crippen LogP contribution in [0.25, 0.3) is 0 Å². The second-order valence-electron chi connectivity index (χ2n) is 5.01. The minimum atomic E-state index is -0.716. The van der Waals surface area contributed by atoms with E-state index < -0.39 is 12.1 Å². The quantitative estimate of drug-likeness (QED) is 0.641. The van der Waals surface area contributed by atoms with Gasteiger partial charge in [-0.15, -0.1) is 0 Å². The van der Waals surface area contributed by atoms with Crippen molar-refractivity contribution in [1.82, 2.24) is 0 Å². The Kier molecular flexibility index (Phi) is 3.87. The molecular weight excluding hydrogens is 284 g/mol. The van der Waals surface area contributed by atoms with Crippen molar-refractivity contribution < 1.29 is 23.7 Å². The Morgan fingerprint density at radius 3 is 2.73 bits per heavy atom. The van der Waals surface area contributed by atoms with E-state index >= 15 is 0 Å². The van der Waals surface area contributed by atoms with Gasteiger partial charge in [-0.3, -0.25) is 0 Å². The summed E-state index contributed by atoms with van der Waals surface area (Å²) >= 11 is 0. The molecule has 0 aromatic heterocycles. The summed E-state index contributed by atoms with van der Waals surface area (Å²) in [6.45, 7) is 3.79. The van der Waals surface area contributed by atoms with Crippen LogP contribution in [0.2, 0.25) is 0 Å². The van der Waals surface area contributed by atoms with Crippen LogP contribution < -0.4 is 18.9 Å². The summed E-state index contributed by atoms with van der Waals surface area (Å²) in [6.07, 6.45) is -0.716.